The normalized spacial score (nSPS) is 23.5. The smallest absolute Gasteiger partial charge is 0.336 e. The second-order valence-corrected chi connectivity index (χ2v) is 7.45. The maximum atomic E-state index is 13.0. The molecule has 0 radical (unpaired) electrons. The summed E-state index contributed by atoms with van der Waals surface area (Å²) in [5.41, 5.74) is 4.19. The molecule has 0 saturated heterocycles. The van der Waals surface area contributed by atoms with Gasteiger partial charge in [-0.15, -0.1) is 0 Å². The number of aromatic nitrogens is 2. The standard InChI is InChI=1S/C18H20N2O3/c1-8-6-13(21)23-10(3)14(8)17(22)20-12-7-11-16(18(11,4)5)15(12)9(2)19-20/h6,11,16H,7H2,1-5H3/t11-,16-/m1/s1. The molecule has 1 saturated carbocycles. The Morgan fingerprint density at radius 1 is 1.35 bits per heavy atom. The van der Waals surface area contributed by atoms with Crippen molar-refractivity contribution >= 4 is 5.91 Å². The van der Waals surface area contributed by atoms with Crippen LogP contribution in [0.4, 0.5) is 0 Å². The molecule has 2 aliphatic rings. The minimum Gasteiger partial charge on any atom is -0.427 e. The zero-order valence-corrected chi connectivity index (χ0v) is 14.1. The van der Waals surface area contributed by atoms with E-state index in [1.54, 1.807) is 13.8 Å². The highest BCUT2D eigenvalue weighted by Crippen LogP contribution is 2.70. The van der Waals surface area contributed by atoms with Crippen LogP contribution >= 0.6 is 0 Å². The summed E-state index contributed by atoms with van der Waals surface area (Å²) >= 11 is 0. The lowest BCUT2D eigenvalue weighted by atomic mass is 9.98. The lowest BCUT2D eigenvalue weighted by molar-refractivity contribution is 0.0936. The molecule has 0 aliphatic heterocycles. The van der Waals surface area contributed by atoms with Gasteiger partial charge in [-0.1, -0.05) is 13.8 Å². The highest BCUT2D eigenvalue weighted by molar-refractivity contribution is 5.98. The fourth-order valence-corrected chi connectivity index (χ4v) is 4.45. The Morgan fingerprint density at radius 2 is 2.04 bits per heavy atom. The van der Waals surface area contributed by atoms with Crippen molar-refractivity contribution < 1.29 is 9.21 Å². The second-order valence-electron chi connectivity index (χ2n) is 7.45. The first kappa shape index (κ1) is 14.4. The third-order valence-electron chi connectivity index (χ3n) is 5.72. The number of hydrogen-bond acceptors (Lipinski definition) is 4. The number of carbonyl (C=O) groups excluding carboxylic acids is 1. The largest absolute Gasteiger partial charge is 0.427 e. The van der Waals surface area contributed by atoms with Crippen molar-refractivity contribution in [1.29, 1.82) is 0 Å². The maximum Gasteiger partial charge on any atom is 0.336 e. The van der Waals surface area contributed by atoms with Crippen LogP contribution in [0.2, 0.25) is 0 Å². The number of nitrogens with zero attached hydrogens (tertiary/aromatic N) is 2. The fourth-order valence-electron chi connectivity index (χ4n) is 4.45. The van der Waals surface area contributed by atoms with Crippen LogP contribution in [0, 0.1) is 32.1 Å². The summed E-state index contributed by atoms with van der Waals surface area (Å²) in [5, 5.41) is 4.50. The molecule has 0 amide bonds. The molecule has 120 valence electrons. The fraction of sp³-hybridized carbons (Fsp3) is 0.500. The molecule has 5 nitrogen and oxygen atoms in total. The minimum absolute atomic E-state index is 0.202. The van der Waals surface area contributed by atoms with Gasteiger partial charge < -0.3 is 4.42 Å². The van der Waals surface area contributed by atoms with Gasteiger partial charge in [0.2, 0.25) is 0 Å². The monoisotopic (exact) mass is 312 g/mol. The van der Waals surface area contributed by atoms with Gasteiger partial charge in [-0.05, 0) is 50.0 Å². The van der Waals surface area contributed by atoms with E-state index < -0.39 is 5.63 Å². The van der Waals surface area contributed by atoms with Crippen molar-refractivity contribution in [1.82, 2.24) is 9.78 Å². The van der Waals surface area contributed by atoms with E-state index in [-0.39, 0.29) is 5.91 Å². The van der Waals surface area contributed by atoms with Gasteiger partial charge >= 0.3 is 5.63 Å². The molecule has 2 atom stereocenters. The van der Waals surface area contributed by atoms with Crippen LogP contribution in [0.3, 0.4) is 0 Å². The Bertz CT molecular complexity index is 891. The third-order valence-corrected chi connectivity index (χ3v) is 5.72. The van der Waals surface area contributed by atoms with E-state index in [1.807, 2.05) is 6.92 Å². The Kier molecular flexibility index (Phi) is 2.64. The quantitative estimate of drug-likeness (QED) is 0.812. The first-order valence-corrected chi connectivity index (χ1v) is 7.98. The Balaban J connectivity index is 1.83. The lowest BCUT2D eigenvalue weighted by Crippen LogP contribution is -2.21. The van der Waals surface area contributed by atoms with Gasteiger partial charge in [0.1, 0.15) is 5.76 Å². The molecular formula is C18H20N2O3. The molecule has 23 heavy (non-hydrogen) atoms. The van der Waals surface area contributed by atoms with Crippen LogP contribution in [0.5, 0.6) is 0 Å². The highest BCUT2D eigenvalue weighted by atomic mass is 16.4. The molecule has 0 unspecified atom stereocenters. The number of fused-ring (bicyclic) bond motifs is 3. The molecule has 2 aromatic rings. The number of rotatable bonds is 1. The summed E-state index contributed by atoms with van der Waals surface area (Å²) in [6.45, 7) is 9.95. The molecule has 0 N–H and O–H groups in total. The molecular weight excluding hydrogens is 292 g/mol. The molecule has 1 fully saturated rings. The van der Waals surface area contributed by atoms with E-state index in [2.05, 4.69) is 18.9 Å². The number of aryl methyl sites for hydroxylation is 3. The van der Waals surface area contributed by atoms with Gasteiger partial charge in [0.05, 0.1) is 17.0 Å². The van der Waals surface area contributed by atoms with Crippen LogP contribution in [0.15, 0.2) is 15.3 Å². The highest BCUT2D eigenvalue weighted by Gasteiger charge is 2.64. The van der Waals surface area contributed by atoms with Gasteiger partial charge in [-0.3, -0.25) is 4.79 Å². The summed E-state index contributed by atoms with van der Waals surface area (Å²) < 4.78 is 6.63. The summed E-state index contributed by atoms with van der Waals surface area (Å²) in [4.78, 5) is 24.4. The Morgan fingerprint density at radius 3 is 2.70 bits per heavy atom. The van der Waals surface area contributed by atoms with Crippen molar-refractivity contribution in [3.05, 3.63) is 50.3 Å². The summed E-state index contributed by atoms with van der Waals surface area (Å²) in [6.07, 6.45) is 0.897. The van der Waals surface area contributed by atoms with Crippen LogP contribution < -0.4 is 5.63 Å². The minimum atomic E-state index is -0.429. The van der Waals surface area contributed by atoms with Crippen molar-refractivity contribution in [3.8, 4) is 0 Å². The zero-order valence-electron chi connectivity index (χ0n) is 14.1. The van der Waals surface area contributed by atoms with E-state index in [1.165, 1.54) is 16.3 Å². The number of hydrogen-bond donors (Lipinski definition) is 0. The first-order chi connectivity index (χ1) is 10.7. The molecule has 0 bridgehead atoms. The molecule has 2 heterocycles. The average Bonchev–Trinajstić information content (AvgIpc) is 2.79. The van der Waals surface area contributed by atoms with E-state index in [4.69, 9.17) is 4.42 Å². The summed E-state index contributed by atoms with van der Waals surface area (Å²) in [6, 6.07) is 1.36. The van der Waals surface area contributed by atoms with Crippen LogP contribution in [0.25, 0.3) is 0 Å². The molecule has 2 aliphatic carbocycles. The SMILES string of the molecule is Cc1cc(=O)oc(C)c1C(=O)n1nc(C)c2c1C[C@@H]1[C@H]2C1(C)C. The van der Waals surface area contributed by atoms with Gasteiger partial charge in [0.15, 0.2) is 0 Å². The van der Waals surface area contributed by atoms with E-state index >= 15 is 0 Å². The zero-order chi connectivity index (χ0) is 16.7. The second kappa shape index (κ2) is 4.22. The summed E-state index contributed by atoms with van der Waals surface area (Å²) in [7, 11) is 0. The van der Waals surface area contributed by atoms with E-state index in [9.17, 15) is 9.59 Å². The van der Waals surface area contributed by atoms with Crippen molar-refractivity contribution in [2.75, 3.05) is 0 Å². The molecule has 2 aromatic heterocycles. The van der Waals surface area contributed by atoms with Crippen LogP contribution in [-0.2, 0) is 6.42 Å². The van der Waals surface area contributed by atoms with E-state index in [0.29, 0.717) is 34.1 Å². The third kappa shape index (κ3) is 1.76. The van der Waals surface area contributed by atoms with Gasteiger partial charge in [0.25, 0.3) is 5.91 Å². The molecule has 0 aromatic carbocycles. The van der Waals surface area contributed by atoms with Crippen molar-refractivity contribution in [2.45, 2.75) is 47.0 Å². The van der Waals surface area contributed by atoms with E-state index in [0.717, 1.165) is 17.8 Å². The molecule has 4 rings (SSSR count). The van der Waals surface area contributed by atoms with Gasteiger partial charge in [-0.2, -0.15) is 5.10 Å². The first-order valence-electron chi connectivity index (χ1n) is 7.98. The van der Waals surface area contributed by atoms with Gasteiger partial charge in [0, 0.05) is 11.6 Å². The number of carbonyl (C=O) groups is 1. The van der Waals surface area contributed by atoms with Crippen molar-refractivity contribution in [2.24, 2.45) is 11.3 Å². The van der Waals surface area contributed by atoms with Crippen LogP contribution in [0.1, 0.15) is 58.4 Å². The Hall–Kier alpha value is -2.17. The maximum absolute atomic E-state index is 13.0. The van der Waals surface area contributed by atoms with Gasteiger partial charge in [-0.25, -0.2) is 9.48 Å². The average molecular weight is 312 g/mol. The lowest BCUT2D eigenvalue weighted by Gasteiger charge is -2.11. The molecule has 5 heteroatoms. The molecule has 0 spiro atoms. The Labute approximate surface area is 134 Å². The van der Waals surface area contributed by atoms with Crippen molar-refractivity contribution in [3.63, 3.8) is 0 Å². The predicted octanol–water partition coefficient (Wildman–Crippen LogP) is 2.75. The summed E-state index contributed by atoms with van der Waals surface area (Å²) in [5.74, 6) is 1.29. The van der Waals surface area contributed by atoms with Crippen LogP contribution in [-0.4, -0.2) is 15.7 Å². The topological polar surface area (TPSA) is 65.1 Å². The predicted molar refractivity (Wildman–Crippen MR) is 84.9 cm³/mol.